The zero-order valence-electron chi connectivity index (χ0n) is 7.76. The number of hydrogen-bond acceptors (Lipinski definition) is 0. The first-order valence-electron chi connectivity index (χ1n) is 4.69. The predicted octanol–water partition coefficient (Wildman–Crippen LogP) is 3.80. The van der Waals surface area contributed by atoms with Gasteiger partial charge in [0.1, 0.15) is 0 Å². The molecule has 1 aliphatic carbocycles. The van der Waals surface area contributed by atoms with Gasteiger partial charge in [0.15, 0.2) is 0 Å². The van der Waals surface area contributed by atoms with E-state index in [4.69, 9.17) is 0 Å². The molecule has 1 heteroatoms. The van der Waals surface area contributed by atoms with Crippen molar-refractivity contribution < 1.29 is 0 Å². The number of fused-ring (bicyclic) bond motifs is 1. The van der Waals surface area contributed by atoms with Crippen LogP contribution in [0.2, 0.25) is 0 Å². The van der Waals surface area contributed by atoms with Gasteiger partial charge in [-0.15, -0.1) is 0 Å². The summed E-state index contributed by atoms with van der Waals surface area (Å²) in [5.41, 5.74) is 4.43. The van der Waals surface area contributed by atoms with E-state index in [0.29, 0.717) is 4.83 Å². The number of hydrogen-bond donors (Lipinski definition) is 0. The molecule has 0 bridgehead atoms. The Morgan fingerprint density at radius 3 is 2.92 bits per heavy atom. The quantitative estimate of drug-likeness (QED) is 0.686. The van der Waals surface area contributed by atoms with Gasteiger partial charge < -0.3 is 0 Å². The number of rotatable bonds is 2. The maximum Gasteiger partial charge on any atom is 0.0158 e. The molecule has 1 aromatic carbocycles. The molecule has 0 aliphatic heterocycles. The van der Waals surface area contributed by atoms with Crippen LogP contribution in [0.1, 0.15) is 24.5 Å². The van der Waals surface area contributed by atoms with Gasteiger partial charge in [-0.25, -0.2) is 0 Å². The van der Waals surface area contributed by atoms with Crippen molar-refractivity contribution in [1.29, 1.82) is 0 Å². The first-order valence-corrected chi connectivity index (χ1v) is 5.60. The minimum atomic E-state index is 0.574. The Morgan fingerprint density at radius 2 is 2.15 bits per heavy atom. The molecule has 0 N–H and O–H groups in total. The summed E-state index contributed by atoms with van der Waals surface area (Å²) in [7, 11) is 0. The van der Waals surface area contributed by atoms with E-state index in [0.717, 1.165) is 12.8 Å². The van der Waals surface area contributed by atoms with E-state index in [1.807, 2.05) is 0 Å². The minimum absolute atomic E-state index is 0.574. The van der Waals surface area contributed by atoms with Gasteiger partial charge in [0.05, 0.1) is 0 Å². The van der Waals surface area contributed by atoms with Crippen LogP contribution in [-0.2, 0) is 6.42 Å². The van der Waals surface area contributed by atoms with Crippen LogP contribution in [0.25, 0.3) is 5.57 Å². The number of allylic oxidation sites excluding steroid dienone is 2. The molecule has 1 atom stereocenters. The molecule has 0 fully saturated rings. The molecule has 0 saturated carbocycles. The third kappa shape index (κ3) is 1.86. The maximum absolute atomic E-state index is 3.60. The third-order valence-corrected chi connectivity index (χ3v) is 2.76. The smallest absolute Gasteiger partial charge is 0.0158 e. The summed E-state index contributed by atoms with van der Waals surface area (Å²) in [6, 6.07) is 8.69. The van der Waals surface area contributed by atoms with Crippen LogP contribution in [0.4, 0.5) is 0 Å². The average Bonchev–Trinajstić information content (AvgIpc) is 2.48. The normalized spacial score (nSPS) is 16.6. The van der Waals surface area contributed by atoms with Crippen molar-refractivity contribution in [3.63, 3.8) is 0 Å². The molecule has 68 valence electrons. The van der Waals surface area contributed by atoms with E-state index < -0.39 is 0 Å². The van der Waals surface area contributed by atoms with Crippen LogP contribution in [0.5, 0.6) is 0 Å². The molecule has 13 heavy (non-hydrogen) atoms. The Labute approximate surface area is 87.8 Å². The molecule has 0 aromatic heterocycles. The Balaban J connectivity index is 2.26. The van der Waals surface area contributed by atoms with Crippen LogP contribution in [0, 0.1) is 0 Å². The topological polar surface area (TPSA) is 0 Å². The van der Waals surface area contributed by atoms with Crippen LogP contribution in [0.3, 0.4) is 0 Å². The van der Waals surface area contributed by atoms with Gasteiger partial charge in [-0.05, 0) is 29.5 Å². The van der Waals surface area contributed by atoms with E-state index in [-0.39, 0.29) is 0 Å². The molecule has 0 radical (unpaired) electrons. The SMILES string of the molecule is CC(Br)CC1=CCc2ccccc21. The Kier molecular flexibility index (Phi) is 2.54. The van der Waals surface area contributed by atoms with Crippen LogP contribution < -0.4 is 0 Å². The summed E-state index contributed by atoms with van der Waals surface area (Å²) in [6.07, 6.45) is 4.60. The fraction of sp³-hybridized carbons (Fsp3) is 0.333. The van der Waals surface area contributed by atoms with Crippen molar-refractivity contribution in [1.82, 2.24) is 0 Å². The molecule has 0 nitrogen and oxygen atoms in total. The first kappa shape index (κ1) is 9.01. The van der Waals surface area contributed by atoms with Gasteiger partial charge in [0.2, 0.25) is 0 Å². The van der Waals surface area contributed by atoms with Crippen molar-refractivity contribution >= 4 is 21.5 Å². The molecule has 0 heterocycles. The first-order chi connectivity index (χ1) is 6.27. The molecule has 0 amide bonds. The molecule has 1 aromatic rings. The third-order valence-electron chi connectivity index (χ3n) is 2.43. The molecule has 0 spiro atoms. The van der Waals surface area contributed by atoms with Crippen molar-refractivity contribution in [2.24, 2.45) is 0 Å². The fourth-order valence-electron chi connectivity index (χ4n) is 1.85. The molecule has 0 saturated heterocycles. The largest absolute Gasteiger partial charge is 0.0890 e. The maximum atomic E-state index is 3.60. The average molecular weight is 237 g/mol. The van der Waals surface area contributed by atoms with E-state index in [1.165, 1.54) is 16.7 Å². The van der Waals surface area contributed by atoms with Gasteiger partial charge in [-0.3, -0.25) is 0 Å². The monoisotopic (exact) mass is 236 g/mol. The molecular weight excluding hydrogens is 224 g/mol. The van der Waals surface area contributed by atoms with Crippen molar-refractivity contribution in [3.05, 3.63) is 41.5 Å². The number of benzene rings is 1. The van der Waals surface area contributed by atoms with Gasteiger partial charge in [0, 0.05) is 4.83 Å². The van der Waals surface area contributed by atoms with E-state index >= 15 is 0 Å². The lowest BCUT2D eigenvalue weighted by Gasteiger charge is -2.06. The highest BCUT2D eigenvalue weighted by atomic mass is 79.9. The number of alkyl halides is 1. The fourth-order valence-corrected chi connectivity index (χ4v) is 2.20. The van der Waals surface area contributed by atoms with Crippen molar-refractivity contribution in [2.75, 3.05) is 0 Å². The summed E-state index contributed by atoms with van der Waals surface area (Å²) >= 11 is 3.60. The summed E-state index contributed by atoms with van der Waals surface area (Å²) in [5, 5.41) is 0. The van der Waals surface area contributed by atoms with Crippen LogP contribution in [0.15, 0.2) is 30.3 Å². The highest BCUT2D eigenvalue weighted by Gasteiger charge is 2.13. The number of halogens is 1. The van der Waals surface area contributed by atoms with Crippen molar-refractivity contribution in [2.45, 2.75) is 24.6 Å². The van der Waals surface area contributed by atoms with Crippen LogP contribution in [-0.4, -0.2) is 4.83 Å². The minimum Gasteiger partial charge on any atom is -0.0890 e. The van der Waals surface area contributed by atoms with Gasteiger partial charge >= 0.3 is 0 Å². The Bertz CT molecular complexity index is 337. The predicted molar refractivity (Wildman–Crippen MR) is 61.1 cm³/mol. The second-order valence-corrected chi connectivity index (χ2v) is 5.14. The zero-order valence-corrected chi connectivity index (χ0v) is 9.34. The molecule has 1 aliphatic rings. The van der Waals surface area contributed by atoms with Crippen molar-refractivity contribution in [3.8, 4) is 0 Å². The lowest BCUT2D eigenvalue weighted by atomic mass is 10.0. The van der Waals surface area contributed by atoms with E-state index in [1.54, 1.807) is 0 Å². The zero-order chi connectivity index (χ0) is 9.26. The lowest BCUT2D eigenvalue weighted by Crippen LogP contribution is -1.92. The molecular formula is C12H13Br. The Morgan fingerprint density at radius 1 is 1.38 bits per heavy atom. The molecule has 1 unspecified atom stereocenters. The second kappa shape index (κ2) is 3.67. The highest BCUT2D eigenvalue weighted by molar-refractivity contribution is 9.09. The van der Waals surface area contributed by atoms with Gasteiger partial charge in [-0.1, -0.05) is 53.2 Å². The van der Waals surface area contributed by atoms with Gasteiger partial charge in [-0.2, -0.15) is 0 Å². The summed E-state index contributed by atoms with van der Waals surface area (Å²) < 4.78 is 0. The highest BCUT2D eigenvalue weighted by Crippen LogP contribution is 2.31. The Hall–Kier alpha value is -0.560. The summed E-state index contributed by atoms with van der Waals surface area (Å²) in [5.74, 6) is 0. The lowest BCUT2D eigenvalue weighted by molar-refractivity contribution is 1.02. The molecule has 2 rings (SSSR count). The van der Waals surface area contributed by atoms with Gasteiger partial charge in [0.25, 0.3) is 0 Å². The summed E-state index contributed by atoms with van der Waals surface area (Å²) in [4.78, 5) is 0.574. The standard InChI is InChI=1S/C12H13Br/c1-9(13)8-11-7-6-10-4-2-3-5-12(10)11/h2-5,7,9H,6,8H2,1H3. The second-order valence-electron chi connectivity index (χ2n) is 3.58. The van der Waals surface area contributed by atoms with Crippen LogP contribution >= 0.6 is 15.9 Å². The summed E-state index contributed by atoms with van der Waals surface area (Å²) in [6.45, 7) is 2.20. The van der Waals surface area contributed by atoms with E-state index in [2.05, 4.69) is 53.2 Å². The van der Waals surface area contributed by atoms with E-state index in [9.17, 15) is 0 Å².